The van der Waals surface area contributed by atoms with Gasteiger partial charge in [0.1, 0.15) is 11.5 Å². The molecule has 3 rings (SSSR count). The maximum Gasteiger partial charge on any atom is 0.374 e. The van der Waals surface area contributed by atoms with E-state index in [4.69, 9.17) is 18.3 Å². The molecule has 24 heavy (non-hydrogen) atoms. The number of carbonyl (C=O) groups is 1. The maximum atomic E-state index is 11.7. The Morgan fingerprint density at radius 3 is 2.88 bits per heavy atom. The Balaban J connectivity index is 1.71. The van der Waals surface area contributed by atoms with Crippen LogP contribution in [-0.2, 0) is 22.6 Å². The number of rotatable bonds is 7. The highest BCUT2D eigenvalue weighted by Gasteiger charge is 2.22. The van der Waals surface area contributed by atoms with Crippen LogP contribution < -0.4 is 0 Å². The summed E-state index contributed by atoms with van der Waals surface area (Å²) in [5.74, 6) is 1.44. The molecular formula is C18H23NO5. The van der Waals surface area contributed by atoms with E-state index < -0.39 is 5.97 Å². The summed E-state index contributed by atoms with van der Waals surface area (Å²) < 4.78 is 21.7. The van der Waals surface area contributed by atoms with Crippen molar-refractivity contribution in [1.29, 1.82) is 0 Å². The molecule has 0 radical (unpaired) electrons. The van der Waals surface area contributed by atoms with Crippen LogP contribution in [0, 0.1) is 6.92 Å². The van der Waals surface area contributed by atoms with Crippen molar-refractivity contribution in [2.75, 3.05) is 20.3 Å². The molecule has 1 unspecified atom stereocenters. The minimum absolute atomic E-state index is 0.232. The monoisotopic (exact) mass is 333 g/mol. The molecule has 0 N–H and O–H groups in total. The van der Waals surface area contributed by atoms with Crippen molar-refractivity contribution in [1.82, 2.24) is 4.90 Å². The van der Waals surface area contributed by atoms with Crippen LogP contribution in [0.15, 0.2) is 33.3 Å². The first-order chi connectivity index (χ1) is 11.7. The molecule has 2 aromatic heterocycles. The predicted octanol–water partition coefficient (Wildman–Crippen LogP) is 3.15. The van der Waals surface area contributed by atoms with Crippen molar-refractivity contribution in [3.05, 3.63) is 47.3 Å². The summed E-state index contributed by atoms with van der Waals surface area (Å²) in [6.07, 6.45) is 4.08. The minimum Gasteiger partial charge on any atom is -0.468 e. The van der Waals surface area contributed by atoms with Gasteiger partial charge >= 0.3 is 5.97 Å². The number of methoxy groups -OCH3 is 1. The molecule has 1 aliphatic heterocycles. The van der Waals surface area contributed by atoms with Gasteiger partial charge in [0.05, 0.1) is 32.6 Å². The maximum absolute atomic E-state index is 11.7. The first-order valence-electron chi connectivity index (χ1n) is 8.19. The molecular weight excluding hydrogens is 310 g/mol. The van der Waals surface area contributed by atoms with Gasteiger partial charge in [-0.1, -0.05) is 0 Å². The van der Waals surface area contributed by atoms with Gasteiger partial charge in [-0.15, -0.1) is 0 Å². The molecule has 0 bridgehead atoms. The van der Waals surface area contributed by atoms with Gasteiger partial charge in [-0.2, -0.15) is 0 Å². The highest BCUT2D eigenvalue weighted by molar-refractivity contribution is 5.87. The van der Waals surface area contributed by atoms with Crippen LogP contribution >= 0.6 is 0 Å². The fourth-order valence-corrected chi connectivity index (χ4v) is 3.03. The van der Waals surface area contributed by atoms with E-state index in [1.165, 1.54) is 7.11 Å². The molecule has 0 spiro atoms. The second kappa shape index (κ2) is 7.68. The van der Waals surface area contributed by atoms with Crippen molar-refractivity contribution >= 4 is 5.97 Å². The van der Waals surface area contributed by atoms with Gasteiger partial charge in [-0.25, -0.2) is 4.79 Å². The smallest absolute Gasteiger partial charge is 0.374 e. The van der Waals surface area contributed by atoms with Crippen molar-refractivity contribution in [3.63, 3.8) is 0 Å². The Morgan fingerprint density at radius 2 is 2.21 bits per heavy atom. The zero-order valence-corrected chi connectivity index (χ0v) is 14.1. The van der Waals surface area contributed by atoms with E-state index in [1.54, 1.807) is 6.26 Å². The van der Waals surface area contributed by atoms with E-state index in [2.05, 4.69) is 4.90 Å². The first kappa shape index (κ1) is 16.8. The second-order valence-electron chi connectivity index (χ2n) is 6.10. The minimum atomic E-state index is -0.449. The van der Waals surface area contributed by atoms with Crippen molar-refractivity contribution in [2.24, 2.45) is 0 Å². The Bertz CT molecular complexity index is 655. The molecule has 0 aliphatic carbocycles. The molecule has 0 saturated carbocycles. The SMILES string of the molecule is COC(=O)c1oc(CN(Cc2ccco2)CC2CCCO2)cc1C. The third-order valence-corrected chi connectivity index (χ3v) is 4.16. The fraction of sp³-hybridized carbons (Fsp3) is 0.500. The zero-order valence-electron chi connectivity index (χ0n) is 14.1. The Labute approximate surface area is 141 Å². The summed E-state index contributed by atoms with van der Waals surface area (Å²) in [6.45, 7) is 4.72. The van der Waals surface area contributed by atoms with E-state index >= 15 is 0 Å². The van der Waals surface area contributed by atoms with Gasteiger partial charge in [0.25, 0.3) is 0 Å². The fourth-order valence-electron chi connectivity index (χ4n) is 3.03. The number of nitrogens with zero attached hydrogens (tertiary/aromatic N) is 1. The number of esters is 1. The highest BCUT2D eigenvalue weighted by atomic mass is 16.5. The Hall–Kier alpha value is -2.05. The number of hydrogen-bond acceptors (Lipinski definition) is 6. The largest absolute Gasteiger partial charge is 0.468 e. The normalized spacial score (nSPS) is 17.5. The van der Waals surface area contributed by atoms with E-state index in [-0.39, 0.29) is 11.9 Å². The van der Waals surface area contributed by atoms with E-state index in [0.717, 1.165) is 43.1 Å². The Kier molecular flexibility index (Phi) is 5.37. The van der Waals surface area contributed by atoms with Crippen LogP contribution in [-0.4, -0.2) is 37.2 Å². The quantitative estimate of drug-likeness (QED) is 0.725. The summed E-state index contributed by atoms with van der Waals surface area (Å²) in [7, 11) is 1.35. The van der Waals surface area contributed by atoms with E-state index in [0.29, 0.717) is 13.1 Å². The number of carbonyl (C=O) groups excluding carboxylic acids is 1. The molecule has 6 heteroatoms. The second-order valence-corrected chi connectivity index (χ2v) is 6.10. The lowest BCUT2D eigenvalue weighted by atomic mass is 10.2. The van der Waals surface area contributed by atoms with Crippen molar-refractivity contribution < 1.29 is 23.1 Å². The molecule has 1 atom stereocenters. The third kappa shape index (κ3) is 4.07. The average Bonchev–Trinajstić information content (AvgIpc) is 3.30. The predicted molar refractivity (Wildman–Crippen MR) is 86.6 cm³/mol. The van der Waals surface area contributed by atoms with Crippen LogP contribution in [0.1, 0.15) is 40.5 Å². The Morgan fingerprint density at radius 1 is 1.38 bits per heavy atom. The lowest BCUT2D eigenvalue weighted by molar-refractivity contribution is 0.0542. The number of hydrogen-bond donors (Lipinski definition) is 0. The zero-order chi connectivity index (χ0) is 16.9. The number of aryl methyl sites for hydroxylation is 1. The van der Waals surface area contributed by atoms with Crippen molar-refractivity contribution in [3.8, 4) is 0 Å². The molecule has 130 valence electrons. The number of furan rings is 2. The van der Waals surface area contributed by atoms with Crippen LogP contribution in [0.4, 0.5) is 0 Å². The molecule has 0 aromatic carbocycles. The van der Waals surface area contributed by atoms with E-state index in [1.807, 2.05) is 25.1 Å². The summed E-state index contributed by atoms with van der Waals surface area (Å²) in [5.41, 5.74) is 0.784. The molecule has 0 amide bonds. The highest BCUT2D eigenvalue weighted by Crippen LogP contribution is 2.21. The van der Waals surface area contributed by atoms with Gasteiger partial charge in [0, 0.05) is 18.7 Å². The average molecular weight is 333 g/mol. The number of ether oxygens (including phenoxy) is 2. The van der Waals surface area contributed by atoms with Crippen LogP contribution in [0.5, 0.6) is 0 Å². The molecule has 2 aromatic rings. The lowest BCUT2D eigenvalue weighted by Gasteiger charge is -2.23. The van der Waals surface area contributed by atoms with Crippen LogP contribution in [0.2, 0.25) is 0 Å². The van der Waals surface area contributed by atoms with Crippen molar-refractivity contribution in [2.45, 2.75) is 39.0 Å². The van der Waals surface area contributed by atoms with Gasteiger partial charge in [-0.3, -0.25) is 4.90 Å². The van der Waals surface area contributed by atoms with Gasteiger partial charge in [0.2, 0.25) is 5.76 Å². The standard InChI is InChI=1S/C18H23NO5/c1-13-9-16(24-17(13)18(20)21-2)12-19(10-14-5-3-7-22-14)11-15-6-4-8-23-15/h3,5,7,9,15H,4,6,8,10-12H2,1-2H3. The first-order valence-corrected chi connectivity index (χ1v) is 8.19. The molecule has 6 nitrogen and oxygen atoms in total. The van der Waals surface area contributed by atoms with Gasteiger partial charge in [-0.05, 0) is 38.0 Å². The molecule has 1 aliphatic rings. The van der Waals surface area contributed by atoms with Crippen LogP contribution in [0.3, 0.4) is 0 Å². The van der Waals surface area contributed by atoms with E-state index in [9.17, 15) is 4.79 Å². The molecule has 1 fully saturated rings. The molecule has 1 saturated heterocycles. The third-order valence-electron chi connectivity index (χ3n) is 4.16. The summed E-state index contributed by atoms with van der Waals surface area (Å²) in [6, 6.07) is 5.72. The topological polar surface area (TPSA) is 65.0 Å². The van der Waals surface area contributed by atoms with Gasteiger partial charge in [0.15, 0.2) is 0 Å². The van der Waals surface area contributed by atoms with Crippen LogP contribution in [0.25, 0.3) is 0 Å². The summed E-state index contributed by atoms with van der Waals surface area (Å²) in [4.78, 5) is 13.9. The molecule has 3 heterocycles. The lowest BCUT2D eigenvalue weighted by Crippen LogP contribution is -2.31. The summed E-state index contributed by atoms with van der Waals surface area (Å²) >= 11 is 0. The van der Waals surface area contributed by atoms with Gasteiger partial charge < -0.3 is 18.3 Å². The summed E-state index contributed by atoms with van der Waals surface area (Å²) in [5, 5.41) is 0.